The van der Waals surface area contributed by atoms with Crippen LogP contribution in [0, 0.1) is 0 Å². The van der Waals surface area contributed by atoms with E-state index in [1.165, 1.54) is 0 Å². The van der Waals surface area contributed by atoms with Crippen LogP contribution in [0.1, 0.15) is 19.5 Å². The highest BCUT2D eigenvalue weighted by molar-refractivity contribution is 6.42. The summed E-state index contributed by atoms with van der Waals surface area (Å²) in [5.41, 5.74) is 0.850. The van der Waals surface area contributed by atoms with Crippen molar-refractivity contribution in [2.75, 3.05) is 0 Å². The summed E-state index contributed by atoms with van der Waals surface area (Å²) < 4.78 is 5.56. The van der Waals surface area contributed by atoms with Crippen LogP contribution >= 0.6 is 23.2 Å². The molecule has 0 spiro atoms. The summed E-state index contributed by atoms with van der Waals surface area (Å²) in [6.07, 6.45) is 0. The topological polar surface area (TPSA) is 47.0 Å². The van der Waals surface area contributed by atoms with Crippen molar-refractivity contribution < 1.29 is 4.74 Å². The van der Waals surface area contributed by atoms with Gasteiger partial charge in [-0.15, -0.1) is 5.10 Å². The van der Waals surface area contributed by atoms with Gasteiger partial charge in [0, 0.05) is 18.7 Å². The van der Waals surface area contributed by atoms with Crippen molar-refractivity contribution in [2.45, 2.75) is 26.4 Å². The first-order valence-electron chi connectivity index (χ1n) is 6.24. The third-order valence-corrected chi connectivity index (χ3v) is 3.32. The van der Waals surface area contributed by atoms with Crippen molar-refractivity contribution in [3.8, 4) is 11.6 Å². The maximum Gasteiger partial charge on any atom is 0.238 e. The molecule has 2 aromatic rings. The zero-order chi connectivity index (χ0) is 14.5. The molecular formula is C14H15Cl2N3O. The van der Waals surface area contributed by atoms with Crippen LogP contribution in [0.5, 0.6) is 11.6 Å². The van der Waals surface area contributed by atoms with Crippen molar-refractivity contribution in [2.24, 2.45) is 0 Å². The van der Waals surface area contributed by atoms with Crippen molar-refractivity contribution in [1.82, 2.24) is 15.5 Å². The molecule has 0 fully saturated rings. The maximum atomic E-state index is 6.04. The molecule has 4 nitrogen and oxygen atoms in total. The van der Waals surface area contributed by atoms with E-state index in [0.717, 1.165) is 5.69 Å². The Labute approximate surface area is 128 Å². The number of hydrogen-bond acceptors (Lipinski definition) is 4. The molecule has 0 unspecified atom stereocenters. The molecule has 1 heterocycles. The van der Waals surface area contributed by atoms with Crippen molar-refractivity contribution in [3.05, 3.63) is 46.1 Å². The van der Waals surface area contributed by atoms with Gasteiger partial charge in [-0.3, -0.25) is 0 Å². The first-order chi connectivity index (χ1) is 9.56. The Morgan fingerprint density at radius 2 is 1.95 bits per heavy atom. The standard InChI is InChI=1S/C14H15Cl2N3O/c1-9(2)17-8-10-6-7-13(19-18-10)20-12-5-3-4-11(15)14(12)16/h3-7,9,17H,8H2,1-2H3. The van der Waals surface area contributed by atoms with Crippen molar-refractivity contribution >= 4 is 23.2 Å². The van der Waals surface area contributed by atoms with Crippen LogP contribution in [0.15, 0.2) is 30.3 Å². The van der Waals surface area contributed by atoms with Crippen LogP contribution in [0.3, 0.4) is 0 Å². The van der Waals surface area contributed by atoms with E-state index in [1.54, 1.807) is 24.3 Å². The molecule has 0 amide bonds. The lowest BCUT2D eigenvalue weighted by Crippen LogP contribution is -2.22. The Morgan fingerprint density at radius 1 is 1.15 bits per heavy atom. The summed E-state index contributed by atoms with van der Waals surface area (Å²) >= 11 is 12.0. The number of nitrogens with one attached hydrogen (secondary N) is 1. The largest absolute Gasteiger partial charge is 0.436 e. The van der Waals surface area contributed by atoms with Crippen LogP contribution in [0.2, 0.25) is 10.0 Å². The minimum atomic E-state index is 0.363. The third-order valence-electron chi connectivity index (χ3n) is 2.52. The molecule has 1 aromatic carbocycles. The van der Waals surface area contributed by atoms with E-state index in [2.05, 4.69) is 29.4 Å². The molecule has 0 aliphatic rings. The summed E-state index contributed by atoms with van der Waals surface area (Å²) in [4.78, 5) is 0. The fourth-order valence-corrected chi connectivity index (χ4v) is 1.81. The SMILES string of the molecule is CC(C)NCc1ccc(Oc2cccc(Cl)c2Cl)nn1. The second-order valence-corrected chi connectivity index (χ2v) is 5.34. The van der Waals surface area contributed by atoms with Gasteiger partial charge in [0.2, 0.25) is 5.88 Å². The number of benzene rings is 1. The van der Waals surface area contributed by atoms with Crippen molar-refractivity contribution in [1.29, 1.82) is 0 Å². The van der Waals surface area contributed by atoms with Gasteiger partial charge in [-0.1, -0.05) is 43.1 Å². The molecule has 0 bridgehead atoms. The van der Waals surface area contributed by atoms with Gasteiger partial charge in [0.25, 0.3) is 0 Å². The minimum Gasteiger partial charge on any atom is -0.436 e. The molecule has 0 aliphatic carbocycles. The minimum absolute atomic E-state index is 0.363. The molecule has 0 radical (unpaired) electrons. The van der Waals surface area contributed by atoms with Crippen LogP contribution in [-0.4, -0.2) is 16.2 Å². The number of rotatable bonds is 5. The monoisotopic (exact) mass is 311 g/mol. The average Bonchev–Trinajstić information content (AvgIpc) is 2.43. The number of nitrogens with zero attached hydrogens (tertiary/aromatic N) is 2. The van der Waals surface area contributed by atoms with Crippen LogP contribution in [0.4, 0.5) is 0 Å². The summed E-state index contributed by atoms with van der Waals surface area (Å²) in [6, 6.07) is 9.20. The Bertz CT molecular complexity index is 573. The van der Waals surface area contributed by atoms with E-state index in [0.29, 0.717) is 34.3 Å². The van der Waals surface area contributed by atoms with Crippen LogP contribution < -0.4 is 10.1 Å². The van der Waals surface area contributed by atoms with E-state index in [4.69, 9.17) is 27.9 Å². The smallest absolute Gasteiger partial charge is 0.238 e. The van der Waals surface area contributed by atoms with Crippen LogP contribution in [0.25, 0.3) is 0 Å². The lowest BCUT2D eigenvalue weighted by molar-refractivity contribution is 0.452. The Kier molecular flexibility index (Phi) is 5.17. The highest BCUT2D eigenvalue weighted by Gasteiger charge is 2.08. The second kappa shape index (κ2) is 6.88. The van der Waals surface area contributed by atoms with Gasteiger partial charge in [0.05, 0.1) is 10.7 Å². The Balaban J connectivity index is 2.05. The molecule has 20 heavy (non-hydrogen) atoms. The van der Waals surface area contributed by atoms with E-state index < -0.39 is 0 Å². The Hall–Kier alpha value is -1.36. The zero-order valence-corrected chi connectivity index (χ0v) is 12.7. The molecule has 2 rings (SSSR count). The number of ether oxygens (including phenoxy) is 1. The number of hydrogen-bond donors (Lipinski definition) is 1. The first-order valence-corrected chi connectivity index (χ1v) is 6.99. The quantitative estimate of drug-likeness (QED) is 0.904. The summed E-state index contributed by atoms with van der Waals surface area (Å²) in [7, 11) is 0. The fraction of sp³-hybridized carbons (Fsp3) is 0.286. The zero-order valence-electron chi connectivity index (χ0n) is 11.2. The van der Waals surface area contributed by atoms with Crippen molar-refractivity contribution in [3.63, 3.8) is 0 Å². The van der Waals surface area contributed by atoms with Gasteiger partial charge in [-0.25, -0.2) is 0 Å². The fourth-order valence-electron chi connectivity index (χ4n) is 1.48. The molecule has 0 saturated carbocycles. The van der Waals surface area contributed by atoms with E-state index in [-0.39, 0.29) is 0 Å². The van der Waals surface area contributed by atoms with Gasteiger partial charge in [0.1, 0.15) is 10.8 Å². The predicted octanol–water partition coefficient (Wildman–Crippen LogP) is 4.07. The molecule has 0 aliphatic heterocycles. The molecule has 1 aromatic heterocycles. The summed E-state index contributed by atoms with van der Waals surface area (Å²) in [5, 5.41) is 12.2. The maximum absolute atomic E-state index is 6.04. The molecule has 106 valence electrons. The van der Waals surface area contributed by atoms with Crippen LogP contribution in [-0.2, 0) is 6.54 Å². The molecule has 0 atom stereocenters. The third kappa shape index (κ3) is 4.07. The molecule has 0 saturated heterocycles. The predicted molar refractivity (Wildman–Crippen MR) is 80.5 cm³/mol. The highest BCUT2D eigenvalue weighted by Crippen LogP contribution is 2.33. The Morgan fingerprint density at radius 3 is 2.60 bits per heavy atom. The van der Waals surface area contributed by atoms with Gasteiger partial charge in [-0.05, 0) is 18.2 Å². The first kappa shape index (κ1) is 15.0. The number of aromatic nitrogens is 2. The molecule has 6 heteroatoms. The van der Waals surface area contributed by atoms with Gasteiger partial charge in [0.15, 0.2) is 0 Å². The average molecular weight is 312 g/mol. The molecular weight excluding hydrogens is 297 g/mol. The highest BCUT2D eigenvalue weighted by atomic mass is 35.5. The lowest BCUT2D eigenvalue weighted by Gasteiger charge is -2.09. The summed E-state index contributed by atoms with van der Waals surface area (Å²) in [5.74, 6) is 0.837. The lowest BCUT2D eigenvalue weighted by atomic mass is 10.3. The van der Waals surface area contributed by atoms with E-state index >= 15 is 0 Å². The van der Waals surface area contributed by atoms with E-state index in [1.807, 2.05) is 6.07 Å². The van der Waals surface area contributed by atoms with Gasteiger partial charge < -0.3 is 10.1 Å². The number of halogens is 2. The van der Waals surface area contributed by atoms with Gasteiger partial charge >= 0.3 is 0 Å². The molecule has 1 N–H and O–H groups in total. The summed E-state index contributed by atoms with van der Waals surface area (Å²) in [6.45, 7) is 4.82. The van der Waals surface area contributed by atoms with Gasteiger partial charge in [-0.2, -0.15) is 5.10 Å². The normalized spacial score (nSPS) is 10.8. The second-order valence-electron chi connectivity index (χ2n) is 4.55. The van der Waals surface area contributed by atoms with E-state index in [9.17, 15) is 0 Å².